The molecule has 0 saturated heterocycles. The molecule has 1 aromatic heterocycles. The SMILES string of the molecule is CCNc1nc(N(CC)CC(C)C#N)cc(C(F)(F)F)n1. The van der Waals surface area contributed by atoms with Gasteiger partial charge in [-0.3, -0.25) is 0 Å². The molecule has 1 aromatic rings. The Morgan fingerprint density at radius 1 is 1.38 bits per heavy atom. The summed E-state index contributed by atoms with van der Waals surface area (Å²) in [6.07, 6.45) is -4.54. The molecule has 8 heteroatoms. The van der Waals surface area contributed by atoms with E-state index in [2.05, 4.69) is 21.4 Å². The van der Waals surface area contributed by atoms with Crippen molar-refractivity contribution in [2.45, 2.75) is 26.9 Å². The first kappa shape index (κ1) is 17.0. The van der Waals surface area contributed by atoms with Crippen LogP contribution in [0.4, 0.5) is 24.9 Å². The van der Waals surface area contributed by atoms with Crippen molar-refractivity contribution in [2.24, 2.45) is 5.92 Å². The first-order chi connectivity index (χ1) is 9.81. The summed E-state index contributed by atoms with van der Waals surface area (Å²) in [4.78, 5) is 9.19. The minimum Gasteiger partial charge on any atom is -0.355 e. The average molecular weight is 301 g/mol. The molecule has 1 heterocycles. The first-order valence-corrected chi connectivity index (χ1v) is 6.66. The Labute approximate surface area is 121 Å². The van der Waals surface area contributed by atoms with Crippen LogP contribution in [0.15, 0.2) is 6.07 Å². The molecule has 1 atom stereocenters. The number of nitrogens with zero attached hydrogens (tertiary/aromatic N) is 4. The molecule has 0 radical (unpaired) electrons. The van der Waals surface area contributed by atoms with Gasteiger partial charge in [-0.05, 0) is 20.8 Å². The highest BCUT2D eigenvalue weighted by Gasteiger charge is 2.34. The van der Waals surface area contributed by atoms with E-state index in [-0.39, 0.29) is 17.7 Å². The van der Waals surface area contributed by atoms with Crippen molar-refractivity contribution in [2.75, 3.05) is 29.9 Å². The molecule has 0 spiro atoms. The number of anilines is 2. The Hall–Kier alpha value is -2.04. The smallest absolute Gasteiger partial charge is 0.355 e. The van der Waals surface area contributed by atoms with Crippen molar-refractivity contribution in [3.63, 3.8) is 0 Å². The first-order valence-electron chi connectivity index (χ1n) is 6.66. The fourth-order valence-electron chi connectivity index (χ4n) is 1.73. The Bertz CT molecular complexity index is 510. The molecule has 0 aliphatic carbocycles. The summed E-state index contributed by atoms with van der Waals surface area (Å²) in [5, 5.41) is 11.5. The fraction of sp³-hybridized carbons (Fsp3) is 0.615. The van der Waals surface area contributed by atoms with E-state index in [1.165, 1.54) is 0 Å². The van der Waals surface area contributed by atoms with Gasteiger partial charge in [0.15, 0.2) is 5.69 Å². The molecular formula is C13H18F3N5. The van der Waals surface area contributed by atoms with Gasteiger partial charge in [-0.2, -0.15) is 23.4 Å². The summed E-state index contributed by atoms with van der Waals surface area (Å²) >= 11 is 0. The fourth-order valence-corrected chi connectivity index (χ4v) is 1.73. The van der Waals surface area contributed by atoms with Gasteiger partial charge in [-0.15, -0.1) is 0 Å². The van der Waals surface area contributed by atoms with Crippen LogP contribution in [-0.4, -0.2) is 29.6 Å². The number of nitrogens with one attached hydrogen (secondary N) is 1. The molecule has 1 unspecified atom stereocenters. The highest BCUT2D eigenvalue weighted by molar-refractivity contribution is 5.45. The molecule has 0 aliphatic heterocycles. The Balaban J connectivity index is 3.20. The van der Waals surface area contributed by atoms with Gasteiger partial charge in [0.2, 0.25) is 5.95 Å². The summed E-state index contributed by atoms with van der Waals surface area (Å²) in [7, 11) is 0. The molecule has 5 nitrogen and oxygen atoms in total. The molecule has 0 amide bonds. The van der Waals surface area contributed by atoms with Gasteiger partial charge in [0.25, 0.3) is 0 Å². The van der Waals surface area contributed by atoms with E-state index in [1.54, 1.807) is 25.7 Å². The Kier molecular flexibility index (Phi) is 5.76. The van der Waals surface area contributed by atoms with Gasteiger partial charge in [0, 0.05) is 25.7 Å². The van der Waals surface area contributed by atoms with Crippen molar-refractivity contribution in [1.82, 2.24) is 9.97 Å². The molecule has 1 rings (SSSR count). The second kappa shape index (κ2) is 7.11. The van der Waals surface area contributed by atoms with Crippen LogP contribution in [-0.2, 0) is 6.18 Å². The zero-order valence-electron chi connectivity index (χ0n) is 12.2. The van der Waals surface area contributed by atoms with Gasteiger partial charge in [-0.1, -0.05) is 0 Å². The Morgan fingerprint density at radius 3 is 2.52 bits per heavy atom. The highest BCUT2D eigenvalue weighted by atomic mass is 19.4. The summed E-state index contributed by atoms with van der Waals surface area (Å²) in [5.41, 5.74) is -0.994. The lowest BCUT2D eigenvalue weighted by Crippen LogP contribution is -2.29. The molecule has 21 heavy (non-hydrogen) atoms. The third-order valence-corrected chi connectivity index (χ3v) is 2.76. The second-order valence-electron chi connectivity index (χ2n) is 4.53. The standard InChI is InChI=1S/C13H18F3N5/c1-4-18-12-19-10(13(14,15)16)6-11(20-12)21(5-2)8-9(3)7-17/h6,9H,4-5,8H2,1-3H3,(H,18,19,20). The normalized spacial score (nSPS) is 12.6. The maximum atomic E-state index is 12.9. The molecule has 0 aromatic carbocycles. The zero-order chi connectivity index (χ0) is 16.0. The number of nitriles is 1. The quantitative estimate of drug-likeness (QED) is 0.875. The lowest BCUT2D eigenvalue weighted by molar-refractivity contribution is -0.141. The van der Waals surface area contributed by atoms with E-state index in [0.29, 0.717) is 19.6 Å². The number of hydrogen-bond donors (Lipinski definition) is 1. The van der Waals surface area contributed by atoms with Crippen LogP contribution in [0.5, 0.6) is 0 Å². The largest absolute Gasteiger partial charge is 0.433 e. The topological polar surface area (TPSA) is 64.8 Å². The molecule has 0 bridgehead atoms. The Morgan fingerprint density at radius 2 is 2.05 bits per heavy atom. The van der Waals surface area contributed by atoms with Gasteiger partial charge in [-0.25, -0.2) is 4.98 Å². The van der Waals surface area contributed by atoms with Crippen LogP contribution in [0, 0.1) is 17.2 Å². The molecule has 0 aliphatic rings. The number of rotatable bonds is 6. The van der Waals surface area contributed by atoms with Crippen molar-refractivity contribution in [1.29, 1.82) is 5.26 Å². The zero-order valence-corrected chi connectivity index (χ0v) is 12.2. The number of halogens is 3. The maximum absolute atomic E-state index is 12.9. The van der Waals surface area contributed by atoms with Crippen LogP contribution in [0.2, 0.25) is 0 Å². The van der Waals surface area contributed by atoms with Gasteiger partial charge < -0.3 is 10.2 Å². The molecular weight excluding hydrogens is 283 g/mol. The minimum absolute atomic E-state index is 0.0645. The van der Waals surface area contributed by atoms with E-state index in [1.807, 2.05) is 0 Å². The van der Waals surface area contributed by atoms with Crippen LogP contribution >= 0.6 is 0 Å². The number of aromatic nitrogens is 2. The second-order valence-corrected chi connectivity index (χ2v) is 4.53. The lowest BCUT2D eigenvalue weighted by Gasteiger charge is -2.24. The van der Waals surface area contributed by atoms with Gasteiger partial charge in [0.1, 0.15) is 5.82 Å². The van der Waals surface area contributed by atoms with Crippen molar-refractivity contribution >= 4 is 11.8 Å². The van der Waals surface area contributed by atoms with E-state index in [4.69, 9.17) is 5.26 Å². The summed E-state index contributed by atoms with van der Waals surface area (Å²) in [6.45, 7) is 6.44. The summed E-state index contributed by atoms with van der Waals surface area (Å²) in [5.74, 6) is -0.208. The van der Waals surface area contributed by atoms with Crippen molar-refractivity contribution in [3.8, 4) is 6.07 Å². The molecule has 0 saturated carbocycles. The van der Waals surface area contributed by atoms with E-state index < -0.39 is 11.9 Å². The molecule has 0 fully saturated rings. The van der Waals surface area contributed by atoms with Crippen molar-refractivity contribution < 1.29 is 13.2 Å². The monoisotopic (exact) mass is 301 g/mol. The molecule has 116 valence electrons. The average Bonchev–Trinajstić information content (AvgIpc) is 2.43. The molecule has 1 N–H and O–H groups in total. The summed E-state index contributed by atoms with van der Waals surface area (Å²) in [6, 6.07) is 2.97. The van der Waals surface area contributed by atoms with Crippen LogP contribution in [0.1, 0.15) is 26.5 Å². The number of hydrogen-bond acceptors (Lipinski definition) is 5. The van der Waals surface area contributed by atoms with Gasteiger partial charge in [0.05, 0.1) is 12.0 Å². The lowest BCUT2D eigenvalue weighted by atomic mass is 10.2. The van der Waals surface area contributed by atoms with Crippen LogP contribution in [0.3, 0.4) is 0 Å². The van der Waals surface area contributed by atoms with Crippen molar-refractivity contribution in [3.05, 3.63) is 11.8 Å². The number of alkyl halides is 3. The maximum Gasteiger partial charge on any atom is 0.433 e. The third-order valence-electron chi connectivity index (χ3n) is 2.76. The minimum atomic E-state index is -4.54. The highest BCUT2D eigenvalue weighted by Crippen LogP contribution is 2.30. The summed E-state index contributed by atoms with van der Waals surface area (Å²) < 4.78 is 38.7. The van der Waals surface area contributed by atoms with Crippen LogP contribution in [0.25, 0.3) is 0 Å². The van der Waals surface area contributed by atoms with E-state index in [9.17, 15) is 13.2 Å². The van der Waals surface area contributed by atoms with Gasteiger partial charge >= 0.3 is 6.18 Å². The van der Waals surface area contributed by atoms with Crippen LogP contribution < -0.4 is 10.2 Å². The predicted octanol–water partition coefficient (Wildman–Crippen LogP) is 2.91. The van der Waals surface area contributed by atoms with E-state index >= 15 is 0 Å². The predicted molar refractivity (Wildman–Crippen MR) is 73.9 cm³/mol. The third kappa shape index (κ3) is 4.77. The van der Waals surface area contributed by atoms with E-state index in [0.717, 1.165) is 6.07 Å².